The van der Waals surface area contributed by atoms with Gasteiger partial charge in [-0.2, -0.15) is 0 Å². The Hall–Kier alpha value is -0.790. The summed E-state index contributed by atoms with van der Waals surface area (Å²) in [4.78, 5) is 11.2. The average Bonchev–Trinajstić information content (AvgIpc) is 2.07. The summed E-state index contributed by atoms with van der Waals surface area (Å²) in [6.45, 7) is 8.23. The highest BCUT2D eigenvalue weighted by molar-refractivity contribution is 5.88. The first kappa shape index (κ1) is 11.2. The van der Waals surface area contributed by atoms with Crippen molar-refractivity contribution in [3.8, 4) is 0 Å². The average molecular weight is 170 g/mol. The molecule has 12 heavy (non-hydrogen) atoms. The monoisotopic (exact) mass is 170 g/mol. The van der Waals surface area contributed by atoms with Crippen molar-refractivity contribution in [2.24, 2.45) is 0 Å². The van der Waals surface area contributed by atoms with Gasteiger partial charge in [0.2, 0.25) is 0 Å². The number of esters is 1. The fourth-order valence-corrected chi connectivity index (χ4v) is 1.16. The Morgan fingerprint density at radius 2 is 1.67 bits per heavy atom. The molecule has 0 aromatic heterocycles. The van der Waals surface area contributed by atoms with Crippen LogP contribution in [0, 0.1) is 0 Å². The van der Waals surface area contributed by atoms with Crippen molar-refractivity contribution < 1.29 is 9.53 Å². The van der Waals surface area contributed by atoms with Crippen molar-refractivity contribution in [2.75, 3.05) is 6.61 Å². The minimum absolute atomic E-state index is 0.170. The molecule has 0 fully saturated rings. The highest BCUT2D eigenvalue weighted by Crippen LogP contribution is 2.13. The molecule has 0 aliphatic carbocycles. The summed E-state index contributed by atoms with van der Waals surface area (Å²) in [5.74, 6) is -0.170. The Morgan fingerprint density at radius 1 is 1.17 bits per heavy atom. The second-order valence-electron chi connectivity index (χ2n) is 2.66. The smallest absolute Gasteiger partial charge is 0.333 e. The van der Waals surface area contributed by atoms with Crippen molar-refractivity contribution >= 4 is 5.97 Å². The normalized spacial score (nSPS) is 9.33. The maximum Gasteiger partial charge on any atom is 0.333 e. The van der Waals surface area contributed by atoms with E-state index in [1.165, 1.54) is 5.57 Å². The van der Waals surface area contributed by atoms with E-state index in [4.69, 9.17) is 4.74 Å². The number of ether oxygens (including phenoxy) is 1. The summed E-state index contributed by atoms with van der Waals surface area (Å²) >= 11 is 0. The Kier molecular flexibility index (Phi) is 5.43. The molecular weight excluding hydrogens is 152 g/mol. The number of allylic oxidation sites excluding steroid dienone is 1. The van der Waals surface area contributed by atoms with Crippen LogP contribution < -0.4 is 0 Å². The van der Waals surface area contributed by atoms with Gasteiger partial charge in [-0.05, 0) is 26.7 Å². The third kappa shape index (κ3) is 3.07. The molecule has 0 radical (unpaired) electrons. The number of hydrogen-bond donors (Lipinski definition) is 0. The van der Waals surface area contributed by atoms with Crippen molar-refractivity contribution in [1.29, 1.82) is 0 Å². The molecule has 0 N–H and O–H groups in total. The van der Waals surface area contributed by atoms with Gasteiger partial charge in [-0.25, -0.2) is 4.79 Å². The topological polar surface area (TPSA) is 26.3 Å². The fraction of sp³-hybridized carbons (Fsp3) is 0.700. The molecule has 0 aliphatic heterocycles. The molecule has 0 unspecified atom stereocenters. The molecule has 0 aliphatic rings. The van der Waals surface area contributed by atoms with E-state index < -0.39 is 0 Å². The van der Waals surface area contributed by atoms with Crippen LogP contribution in [0.15, 0.2) is 11.1 Å². The van der Waals surface area contributed by atoms with Gasteiger partial charge in [0.05, 0.1) is 6.61 Å². The van der Waals surface area contributed by atoms with Crippen LogP contribution in [0.2, 0.25) is 0 Å². The lowest BCUT2D eigenvalue weighted by atomic mass is 10.1. The zero-order valence-corrected chi connectivity index (χ0v) is 8.44. The lowest BCUT2D eigenvalue weighted by molar-refractivity contribution is -0.138. The standard InChI is InChI=1S/C10H18O2/c1-5-9(6-2)8(4)10(11)12-7-3/h5-7H2,1-4H3. The highest BCUT2D eigenvalue weighted by atomic mass is 16.5. The van der Waals surface area contributed by atoms with E-state index in [2.05, 4.69) is 13.8 Å². The van der Waals surface area contributed by atoms with Gasteiger partial charge in [-0.15, -0.1) is 0 Å². The molecule has 0 aromatic rings. The van der Waals surface area contributed by atoms with E-state index in [1.54, 1.807) is 0 Å². The predicted octanol–water partition coefficient (Wildman–Crippen LogP) is 2.69. The Balaban J connectivity index is 4.39. The van der Waals surface area contributed by atoms with Crippen LogP contribution in [-0.4, -0.2) is 12.6 Å². The molecule has 0 saturated heterocycles. The number of carbonyl (C=O) groups excluding carboxylic acids is 1. The zero-order valence-electron chi connectivity index (χ0n) is 8.44. The van der Waals surface area contributed by atoms with Gasteiger partial charge in [0.15, 0.2) is 0 Å². The molecule has 0 atom stereocenters. The van der Waals surface area contributed by atoms with Crippen LogP contribution in [-0.2, 0) is 9.53 Å². The van der Waals surface area contributed by atoms with Gasteiger partial charge in [0.1, 0.15) is 0 Å². The molecule has 2 heteroatoms. The van der Waals surface area contributed by atoms with Crippen LogP contribution in [0.5, 0.6) is 0 Å². The van der Waals surface area contributed by atoms with Gasteiger partial charge in [0.25, 0.3) is 0 Å². The van der Waals surface area contributed by atoms with Crippen LogP contribution in [0.1, 0.15) is 40.5 Å². The van der Waals surface area contributed by atoms with Crippen LogP contribution in [0.25, 0.3) is 0 Å². The fourth-order valence-electron chi connectivity index (χ4n) is 1.16. The highest BCUT2D eigenvalue weighted by Gasteiger charge is 2.08. The minimum atomic E-state index is -0.170. The molecule has 70 valence electrons. The Bertz CT molecular complexity index is 174. The number of hydrogen-bond acceptors (Lipinski definition) is 2. The lowest BCUT2D eigenvalue weighted by Crippen LogP contribution is -2.07. The second-order valence-corrected chi connectivity index (χ2v) is 2.66. The largest absolute Gasteiger partial charge is 0.463 e. The van der Waals surface area contributed by atoms with E-state index in [1.807, 2.05) is 13.8 Å². The molecule has 0 amide bonds. The molecule has 2 nitrogen and oxygen atoms in total. The first-order valence-electron chi connectivity index (χ1n) is 4.53. The summed E-state index contributed by atoms with van der Waals surface area (Å²) in [5.41, 5.74) is 1.97. The number of rotatable bonds is 4. The maximum atomic E-state index is 11.2. The first-order valence-corrected chi connectivity index (χ1v) is 4.53. The van der Waals surface area contributed by atoms with Gasteiger partial charge >= 0.3 is 5.97 Å². The van der Waals surface area contributed by atoms with Crippen molar-refractivity contribution in [3.63, 3.8) is 0 Å². The molecular formula is C10H18O2. The molecule has 0 aromatic carbocycles. The Morgan fingerprint density at radius 3 is 2.00 bits per heavy atom. The summed E-state index contributed by atoms with van der Waals surface area (Å²) in [7, 11) is 0. The second kappa shape index (κ2) is 5.81. The van der Waals surface area contributed by atoms with E-state index in [-0.39, 0.29) is 5.97 Å². The van der Waals surface area contributed by atoms with Crippen molar-refractivity contribution in [2.45, 2.75) is 40.5 Å². The summed E-state index contributed by atoms with van der Waals surface area (Å²) in [5, 5.41) is 0. The van der Waals surface area contributed by atoms with Crippen LogP contribution >= 0.6 is 0 Å². The maximum absolute atomic E-state index is 11.2. The van der Waals surface area contributed by atoms with Crippen LogP contribution in [0.3, 0.4) is 0 Å². The summed E-state index contributed by atoms with van der Waals surface area (Å²) in [6.07, 6.45) is 1.86. The molecule has 0 heterocycles. The molecule has 0 rings (SSSR count). The quantitative estimate of drug-likeness (QED) is 0.479. The summed E-state index contributed by atoms with van der Waals surface area (Å²) < 4.78 is 4.89. The van der Waals surface area contributed by atoms with E-state index in [0.29, 0.717) is 6.61 Å². The zero-order chi connectivity index (χ0) is 9.56. The van der Waals surface area contributed by atoms with E-state index in [0.717, 1.165) is 18.4 Å². The lowest BCUT2D eigenvalue weighted by Gasteiger charge is -2.06. The van der Waals surface area contributed by atoms with Gasteiger partial charge in [0, 0.05) is 5.57 Å². The predicted molar refractivity (Wildman–Crippen MR) is 49.9 cm³/mol. The first-order chi connectivity index (χ1) is 5.67. The number of carbonyl (C=O) groups is 1. The third-order valence-corrected chi connectivity index (χ3v) is 1.97. The van der Waals surface area contributed by atoms with Gasteiger partial charge < -0.3 is 4.74 Å². The molecule has 0 spiro atoms. The SMILES string of the molecule is CCOC(=O)C(C)=C(CC)CC. The van der Waals surface area contributed by atoms with Crippen LogP contribution in [0.4, 0.5) is 0 Å². The van der Waals surface area contributed by atoms with E-state index in [9.17, 15) is 4.79 Å². The Labute approximate surface area is 74.6 Å². The minimum Gasteiger partial charge on any atom is -0.463 e. The molecule has 0 saturated carbocycles. The van der Waals surface area contributed by atoms with Crippen molar-refractivity contribution in [1.82, 2.24) is 0 Å². The van der Waals surface area contributed by atoms with E-state index >= 15 is 0 Å². The third-order valence-electron chi connectivity index (χ3n) is 1.97. The van der Waals surface area contributed by atoms with Gasteiger partial charge in [-0.1, -0.05) is 19.4 Å². The van der Waals surface area contributed by atoms with Crippen molar-refractivity contribution in [3.05, 3.63) is 11.1 Å². The summed E-state index contributed by atoms with van der Waals surface area (Å²) in [6, 6.07) is 0. The molecule has 0 bridgehead atoms. The van der Waals surface area contributed by atoms with Gasteiger partial charge in [-0.3, -0.25) is 0 Å².